The zero-order valence-electron chi connectivity index (χ0n) is 19.6. The minimum Gasteiger partial charge on any atom is -0.454 e. The Morgan fingerprint density at radius 1 is 0.971 bits per heavy atom. The Labute approximate surface area is 204 Å². The molecule has 1 saturated heterocycles. The molecular weight excluding hydrogens is 444 g/mol. The fourth-order valence-corrected chi connectivity index (χ4v) is 5.72. The molecule has 0 unspecified atom stereocenters. The Morgan fingerprint density at radius 2 is 1.60 bits per heavy atom. The highest BCUT2D eigenvalue weighted by Gasteiger charge is 2.61. The highest BCUT2D eigenvalue weighted by atomic mass is 16.5. The van der Waals surface area contributed by atoms with Gasteiger partial charge in [-0.25, -0.2) is 4.79 Å². The van der Waals surface area contributed by atoms with Crippen molar-refractivity contribution in [2.45, 2.75) is 32.2 Å². The number of ether oxygens (including phenoxy) is 1. The Hall–Kier alpha value is -3.74. The Kier molecular flexibility index (Phi) is 6.24. The predicted octanol–water partition coefficient (Wildman–Crippen LogP) is 3.15. The van der Waals surface area contributed by atoms with Gasteiger partial charge < -0.3 is 10.1 Å². The number of carbonyl (C=O) groups excluding carboxylic acids is 4. The van der Waals surface area contributed by atoms with E-state index in [2.05, 4.69) is 5.32 Å². The van der Waals surface area contributed by atoms with Crippen LogP contribution < -0.4 is 5.32 Å². The average molecular weight is 473 g/mol. The van der Waals surface area contributed by atoms with Crippen LogP contribution in [0, 0.1) is 23.7 Å². The van der Waals surface area contributed by atoms with Gasteiger partial charge in [0.25, 0.3) is 5.91 Å². The molecule has 5 rings (SSSR count). The highest BCUT2D eigenvalue weighted by Crippen LogP contribution is 2.53. The molecule has 2 bridgehead atoms. The maximum absolute atomic E-state index is 13.4. The second kappa shape index (κ2) is 9.49. The number of benzene rings is 2. The maximum Gasteiger partial charge on any atom is 0.330 e. The van der Waals surface area contributed by atoms with Crippen LogP contribution in [0.4, 0.5) is 5.69 Å². The van der Waals surface area contributed by atoms with Gasteiger partial charge in [0.1, 0.15) is 6.04 Å². The average Bonchev–Trinajstić information content (AvgIpc) is 3.56. The van der Waals surface area contributed by atoms with E-state index in [1.807, 2.05) is 67.6 Å². The van der Waals surface area contributed by atoms with E-state index in [1.54, 1.807) is 6.07 Å². The van der Waals surface area contributed by atoms with Gasteiger partial charge >= 0.3 is 5.97 Å². The molecule has 3 aliphatic rings. The summed E-state index contributed by atoms with van der Waals surface area (Å²) >= 11 is 0. The number of para-hydroxylation sites is 1. The molecule has 2 fully saturated rings. The van der Waals surface area contributed by atoms with Gasteiger partial charge in [0.05, 0.1) is 11.8 Å². The van der Waals surface area contributed by atoms with Crippen LogP contribution in [-0.2, 0) is 36.8 Å². The SMILES string of the molecule is CCc1ccccc1NC(=O)COC(=O)[C@@H](Cc1ccccc1)N1C(=O)[C@@H]2[C@H](C1=O)[C@H]1C=C[C@H]2C1. The summed E-state index contributed by atoms with van der Waals surface area (Å²) < 4.78 is 5.37. The molecule has 3 amide bonds. The van der Waals surface area contributed by atoms with E-state index >= 15 is 0 Å². The first-order chi connectivity index (χ1) is 17.0. The fourth-order valence-electron chi connectivity index (χ4n) is 5.72. The van der Waals surface area contributed by atoms with Crippen LogP contribution >= 0.6 is 0 Å². The lowest BCUT2D eigenvalue weighted by molar-refractivity contribution is -0.160. The molecule has 1 N–H and O–H groups in total. The topological polar surface area (TPSA) is 92.8 Å². The number of amides is 3. The van der Waals surface area contributed by atoms with Crippen molar-refractivity contribution in [3.05, 3.63) is 77.9 Å². The fraction of sp³-hybridized carbons (Fsp3) is 0.357. The van der Waals surface area contributed by atoms with E-state index in [9.17, 15) is 19.2 Å². The van der Waals surface area contributed by atoms with Crippen LogP contribution in [0.3, 0.4) is 0 Å². The van der Waals surface area contributed by atoms with Crippen molar-refractivity contribution in [3.8, 4) is 0 Å². The minimum atomic E-state index is -1.11. The molecule has 7 heteroatoms. The molecule has 2 aliphatic carbocycles. The summed E-state index contributed by atoms with van der Waals surface area (Å²) in [6, 6.07) is 15.5. The number of nitrogens with zero attached hydrogens (tertiary/aromatic N) is 1. The first-order valence-electron chi connectivity index (χ1n) is 12.1. The summed E-state index contributed by atoms with van der Waals surface area (Å²) in [6.45, 7) is 1.48. The Balaban J connectivity index is 1.32. The van der Waals surface area contributed by atoms with Gasteiger partial charge in [0.15, 0.2) is 6.61 Å². The zero-order chi connectivity index (χ0) is 24.5. The number of hydrogen-bond donors (Lipinski definition) is 1. The summed E-state index contributed by atoms with van der Waals surface area (Å²) in [7, 11) is 0. The molecular formula is C28H28N2O5. The summed E-state index contributed by atoms with van der Waals surface area (Å²) in [5.41, 5.74) is 2.43. The molecule has 0 aromatic heterocycles. The second-order valence-electron chi connectivity index (χ2n) is 9.42. The minimum absolute atomic E-state index is 0.0456. The van der Waals surface area contributed by atoms with Gasteiger partial charge in [-0.2, -0.15) is 0 Å². The van der Waals surface area contributed by atoms with Crippen molar-refractivity contribution in [1.82, 2.24) is 4.90 Å². The van der Waals surface area contributed by atoms with E-state index in [0.717, 1.165) is 28.9 Å². The number of esters is 1. The number of carbonyl (C=O) groups is 4. The van der Waals surface area contributed by atoms with E-state index in [-0.39, 0.29) is 30.1 Å². The molecule has 35 heavy (non-hydrogen) atoms. The van der Waals surface area contributed by atoms with Crippen molar-refractivity contribution in [3.63, 3.8) is 0 Å². The van der Waals surface area contributed by atoms with Crippen molar-refractivity contribution in [2.75, 3.05) is 11.9 Å². The van der Waals surface area contributed by atoms with Gasteiger partial charge in [-0.3, -0.25) is 19.3 Å². The zero-order valence-corrected chi connectivity index (χ0v) is 19.6. The van der Waals surface area contributed by atoms with Crippen molar-refractivity contribution < 1.29 is 23.9 Å². The third-order valence-electron chi connectivity index (χ3n) is 7.38. The van der Waals surface area contributed by atoms with Gasteiger partial charge in [-0.1, -0.05) is 67.6 Å². The lowest BCUT2D eigenvalue weighted by Crippen LogP contribution is -2.48. The molecule has 5 atom stereocenters. The normalized spacial score (nSPS) is 25.0. The highest BCUT2D eigenvalue weighted by molar-refractivity contribution is 6.09. The van der Waals surface area contributed by atoms with E-state index in [1.165, 1.54) is 0 Å². The molecule has 0 spiro atoms. The summed E-state index contributed by atoms with van der Waals surface area (Å²) in [6.07, 6.45) is 5.73. The molecule has 2 aromatic rings. The lowest BCUT2D eigenvalue weighted by Gasteiger charge is -2.26. The number of imide groups is 1. The van der Waals surface area contributed by atoms with E-state index < -0.39 is 36.4 Å². The van der Waals surface area contributed by atoms with Gasteiger partial charge in [0.2, 0.25) is 11.8 Å². The van der Waals surface area contributed by atoms with Crippen LogP contribution in [0.15, 0.2) is 66.7 Å². The molecule has 1 heterocycles. The van der Waals surface area contributed by atoms with Crippen LogP contribution in [0.1, 0.15) is 24.5 Å². The predicted molar refractivity (Wildman–Crippen MR) is 129 cm³/mol. The summed E-state index contributed by atoms with van der Waals surface area (Å²) in [4.78, 5) is 53.6. The van der Waals surface area contributed by atoms with Crippen molar-refractivity contribution in [2.24, 2.45) is 23.7 Å². The van der Waals surface area contributed by atoms with Crippen molar-refractivity contribution in [1.29, 1.82) is 0 Å². The number of nitrogens with one attached hydrogen (secondary N) is 1. The third-order valence-corrected chi connectivity index (χ3v) is 7.38. The smallest absolute Gasteiger partial charge is 0.330 e. The van der Waals surface area contributed by atoms with Crippen molar-refractivity contribution >= 4 is 29.4 Å². The maximum atomic E-state index is 13.4. The standard InChI is InChI=1S/C28H28N2O5/c1-2-18-10-6-7-11-21(18)29-23(31)16-35-28(34)22(14-17-8-4-3-5-9-17)30-26(32)24-19-12-13-20(15-19)25(24)27(30)33/h3-13,19-20,22,24-25H,2,14-16H2,1H3,(H,29,31)/t19-,20-,22+,24-,25+/m0/s1. The van der Waals surface area contributed by atoms with Gasteiger partial charge in [-0.15, -0.1) is 0 Å². The number of likely N-dealkylation sites (tertiary alicyclic amines) is 1. The third kappa shape index (κ3) is 4.27. The van der Waals surface area contributed by atoms with Crippen LogP contribution in [0.2, 0.25) is 0 Å². The summed E-state index contributed by atoms with van der Waals surface area (Å²) in [5, 5.41) is 2.77. The number of rotatable bonds is 8. The summed E-state index contributed by atoms with van der Waals surface area (Å²) in [5.74, 6) is -2.57. The Bertz CT molecular complexity index is 1160. The van der Waals surface area contributed by atoms with Crippen LogP contribution in [0.5, 0.6) is 0 Å². The monoisotopic (exact) mass is 472 g/mol. The first-order valence-corrected chi connectivity index (χ1v) is 12.1. The lowest BCUT2D eigenvalue weighted by atomic mass is 9.85. The number of allylic oxidation sites excluding steroid dienone is 2. The quantitative estimate of drug-likeness (QED) is 0.362. The molecule has 2 aromatic carbocycles. The second-order valence-corrected chi connectivity index (χ2v) is 9.42. The number of fused-ring (bicyclic) bond motifs is 5. The molecule has 1 saturated carbocycles. The van der Waals surface area contributed by atoms with E-state index in [4.69, 9.17) is 4.74 Å². The molecule has 180 valence electrons. The Morgan fingerprint density at radius 3 is 2.26 bits per heavy atom. The molecule has 0 radical (unpaired) electrons. The first kappa shape index (κ1) is 23.0. The van der Waals surface area contributed by atoms with E-state index in [0.29, 0.717) is 5.69 Å². The number of anilines is 1. The van der Waals surface area contributed by atoms with Crippen LogP contribution in [-0.4, -0.2) is 41.2 Å². The largest absolute Gasteiger partial charge is 0.454 e. The van der Waals surface area contributed by atoms with Gasteiger partial charge in [-0.05, 0) is 41.9 Å². The number of aryl methyl sites for hydroxylation is 1. The van der Waals surface area contributed by atoms with Crippen LogP contribution in [0.25, 0.3) is 0 Å². The molecule has 1 aliphatic heterocycles. The molecule has 7 nitrogen and oxygen atoms in total. The number of hydrogen-bond acceptors (Lipinski definition) is 5. The van der Waals surface area contributed by atoms with Gasteiger partial charge in [0, 0.05) is 12.1 Å².